The molecular formula is C20H23N3O2. The third-order valence-electron chi connectivity index (χ3n) is 4.36. The predicted molar refractivity (Wildman–Crippen MR) is 97.9 cm³/mol. The average Bonchev–Trinajstić information content (AvgIpc) is 3.05. The molecule has 1 atom stereocenters. The molecule has 0 spiro atoms. The second-order valence-corrected chi connectivity index (χ2v) is 6.15. The first-order valence-corrected chi connectivity index (χ1v) is 8.49. The number of hydrogen-bond acceptors (Lipinski definition) is 3. The lowest BCUT2D eigenvalue weighted by atomic mass is 9.97. The smallest absolute Gasteiger partial charge is 0.220 e. The summed E-state index contributed by atoms with van der Waals surface area (Å²) in [5.41, 5.74) is 2.20. The lowest BCUT2D eigenvalue weighted by Crippen LogP contribution is -2.27. The lowest BCUT2D eigenvalue weighted by molar-refractivity contribution is -0.121. The van der Waals surface area contributed by atoms with Gasteiger partial charge in [0.1, 0.15) is 11.6 Å². The first-order chi connectivity index (χ1) is 12.2. The van der Waals surface area contributed by atoms with E-state index in [0.29, 0.717) is 19.4 Å². The second-order valence-electron chi connectivity index (χ2n) is 6.15. The SMILES string of the molecule is COc1ccc(C(C)CC(=O)NCCc2ncc3ccccn23)cc1. The number of ether oxygens (including phenoxy) is 1. The highest BCUT2D eigenvalue weighted by Gasteiger charge is 2.11. The van der Waals surface area contributed by atoms with Gasteiger partial charge in [-0.3, -0.25) is 4.79 Å². The summed E-state index contributed by atoms with van der Waals surface area (Å²) in [6, 6.07) is 13.9. The highest BCUT2D eigenvalue weighted by molar-refractivity contribution is 5.76. The molecule has 3 rings (SSSR count). The number of benzene rings is 1. The van der Waals surface area contributed by atoms with E-state index in [1.54, 1.807) is 7.11 Å². The van der Waals surface area contributed by atoms with Gasteiger partial charge >= 0.3 is 0 Å². The van der Waals surface area contributed by atoms with Gasteiger partial charge in [0.15, 0.2) is 0 Å². The van der Waals surface area contributed by atoms with Crippen molar-refractivity contribution in [2.24, 2.45) is 0 Å². The van der Waals surface area contributed by atoms with Crippen LogP contribution in [0.4, 0.5) is 0 Å². The van der Waals surface area contributed by atoms with Crippen molar-refractivity contribution in [3.63, 3.8) is 0 Å². The zero-order valence-electron chi connectivity index (χ0n) is 14.6. The molecule has 130 valence electrons. The van der Waals surface area contributed by atoms with E-state index in [1.807, 2.05) is 59.3 Å². The summed E-state index contributed by atoms with van der Waals surface area (Å²) in [4.78, 5) is 16.6. The summed E-state index contributed by atoms with van der Waals surface area (Å²) < 4.78 is 7.21. The topological polar surface area (TPSA) is 55.6 Å². The maximum absolute atomic E-state index is 12.2. The van der Waals surface area contributed by atoms with Crippen molar-refractivity contribution in [1.82, 2.24) is 14.7 Å². The first-order valence-electron chi connectivity index (χ1n) is 8.49. The standard InChI is InChI=1S/C20H23N3O2/c1-15(16-6-8-18(25-2)9-7-16)13-20(24)21-11-10-19-22-14-17-5-3-4-12-23(17)19/h3-9,12,14-15H,10-11,13H2,1-2H3,(H,21,24). The molecule has 1 N–H and O–H groups in total. The highest BCUT2D eigenvalue weighted by Crippen LogP contribution is 2.21. The Kier molecular flexibility index (Phi) is 5.33. The highest BCUT2D eigenvalue weighted by atomic mass is 16.5. The first kappa shape index (κ1) is 17.0. The molecular weight excluding hydrogens is 314 g/mol. The van der Waals surface area contributed by atoms with E-state index in [-0.39, 0.29) is 11.8 Å². The van der Waals surface area contributed by atoms with Crippen LogP contribution < -0.4 is 10.1 Å². The Bertz CT molecular complexity index is 840. The fraction of sp³-hybridized carbons (Fsp3) is 0.300. The molecule has 25 heavy (non-hydrogen) atoms. The molecule has 1 unspecified atom stereocenters. The van der Waals surface area contributed by atoms with Gasteiger partial charge in [-0.1, -0.05) is 25.1 Å². The molecule has 0 bridgehead atoms. The van der Waals surface area contributed by atoms with Gasteiger partial charge in [0.2, 0.25) is 5.91 Å². The molecule has 2 aromatic heterocycles. The van der Waals surface area contributed by atoms with E-state index in [2.05, 4.69) is 17.2 Å². The van der Waals surface area contributed by atoms with Crippen LogP contribution in [0.2, 0.25) is 0 Å². The Balaban J connectivity index is 1.49. The number of imidazole rings is 1. The average molecular weight is 337 g/mol. The van der Waals surface area contributed by atoms with Crippen molar-refractivity contribution in [3.8, 4) is 5.75 Å². The van der Waals surface area contributed by atoms with Crippen molar-refractivity contribution in [3.05, 3.63) is 66.2 Å². The van der Waals surface area contributed by atoms with E-state index in [9.17, 15) is 4.79 Å². The van der Waals surface area contributed by atoms with Crippen LogP contribution >= 0.6 is 0 Å². The fourth-order valence-electron chi connectivity index (χ4n) is 2.90. The minimum absolute atomic E-state index is 0.0594. The van der Waals surface area contributed by atoms with Gasteiger partial charge < -0.3 is 14.5 Å². The zero-order chi connectivity index (χ0) is 17.6. The minimum Gasteiger partial charge on any atom is -0.497 e. The predicted octanol–water partition coefficient (Wildman–Crippen LogP) is 3.20. The Morgan fingerprint density at radius 2 is 2.04 bits per heavy atom. The molecule has 1 amide bonds. The third-order valence-corrected chi connectivity index (χ3v) is 4.36. The molecule has 5 heteroatoms. The van der Waals surface area contributed by atoms with E-state index < -0.39 is 0 Å². The molecule has 0 saturated carbocycles. The molecule has 2 heterocycles. The number of hydrogen-bond donors (Lipinski definition) is 1. The number of fused-ring (bicyclic) bond motifs is 1. The number of pyridine rings is 1. The largest absolute Gasteiger partial charge is 0.497 e. The minimum atomic E-state index is 0.0594. The van der Waals surface area contributed by atoms with E-state index in [1.165, 1.54) is 0 Å². The van der Waals surface area contributed by atoms with Crippen molar-refractivity contribution in [2.45, 2.75) is 25.7 Å². The van der Waals surface area contributed by atoms with Gasteiger partial charge in [-0.15, -0.1) is 0 Å². The monoisotopic (exact) mass is 337 g/mol. The molecule has 0 aliphatic rings. The van der Waals surface area contributed by atoms with Gasteiger partial charge in [-0.05, 0) is 35.7 Å². The normalized spacial score (nSPS) is 12.1. The Labute approximate surface area is 147 Å². The summed E-state index contributed by atoms with van der Waals surface area (Å²) in [6.07, 6.45) is 5.02. The third kappa shape index (κ3) is 4.18. The summed E-state index contributed by atoms with van der Waals surface area (Å²) >= 11 is 0. The summed E-state index contributed by atoms with van der Waals surface area (Å²) in [7, 11) is 1.65. The number of carbonyl (C=O) groups is 1. The van der Waals surface area contributed by atoms with Crippen molar-refractivity contribution in [2.75, 3.05) is 13.7 Å². The number of nitrogens with one attached hydrogen (secondary N) is 1. The van der Waals surface area contributed by atoms with Crippen LogP contribution in [0.5, 0.6) is 5.75 Å². The maximum atomic E-state index is 12.2. The van der Waals surface area contributed by atoms with Crippen LogP contribution in [0.15, 0.2) is 54.9 Å². The van der Waals surface area contributed by atoms with Gasteiger partial charge in [-0.25, -0.2) is 4.98 Å². The number of methoxy groups -OCH3 is 1. The van der Waals surface area contributed by atoms with Crippen LogP contribution in [0.3, 0.4) is 0 Å². The van der Waals surface area contributed by atoms with Crippen LogP contribution in [0, 0.1) is 0 Å². The Hall–Kier alpha value is -2.82. The summed E-state index contributed by atoms with van der Waals surface area (Å²) in [5, 5.41) is 2.99. The number of aromatic nitrogens is 2. The Morgan fingerprint density at radius 3 is 2.80 bits per heavy atom. The molecule has 0 aliphatic carbocycles. The molecule has 0 saturated heterocycles. The van der Waals surface area contributed by atoms with E-state index in [4.69, 9.17) is 4.74 Å². The van der Waals surface area contributed by atoms with E-state index >= 15 is 0 Å². The number of carbonyl (C=O) groups excluding carboxylic acids is 1. The summed E-state index contributed by atoms with van der Waals surface area (Å²) in [6.45, 7) is 2.64. The van der Waals surface area contributed by atoms with Gasteiger partial charge in [0.05, 0.1) is 18.8 Å². The van der Waals surface area contributed by atoms with Crippen LogP contribution in [-0.2, 0) is 11.2 Å². The van der Waals surface area contributed by atoms with Crippen molar-refractivity contribution >= 4 is 11.4 Å². The lowest BCUT2D eigenvalue weighted by Gasteiger charge is -2.12. The fourth-order valence-corrected chi connectivity index (χ4v) is 2.90. The van der Waals surface area contributed by atoms with Gasteiger partial charge in [0.25, 0.3) is 0 Å². The van der Waals surface area contributed by atoms with Crippen LogP contribution in [0.1, 0.15) is 30.7 Å². The van der Waals surface area contributed by atoms with Crippen molar-refractivity contribution < 1.29 is 9.53 Å². The quantitative estimate of drug-likeness (QED) is 0.720. The zero-order valence-corrected chi connectivity index (χ0v) is 14.6. The molecule has 0 fully saturated rings. The van der Waals surface area contributed by atoms with Gasteiger partial charge in [-0.2, -0.15) is 0 Å². The second kappa shape index (κ2) is 7.83. The molecule has 0 aliphatic heterocycles. The summed E-state index contributed by atoms with van der Waals surface area (Å²) in [5.74, 6) is 2.01. The molecule has 5 nitrogen and oxygen atoms in total. The van der Waals surface area contributed by atoms with Gasteiger partial charge in [0, 0.05) is 25.6 Å². The maximum Gasteiger partial charge on any atom is 0.220 e. The van der Waals surface area contributed by atoms with E-state index in [0.717, 1.165) is 22.7 Å². The molecule has 1 aromatic carbocycles. The molecule has 3 aromatic rings. The Morgan fingerprint density at radius 1 is 1.24 bits per heavy atom. The number of rotatable bonds is 7. The number of amides is 1. The number of nitrogens with zero attached hydrogens (tertiary/aromatic N) is 2. The van der Waals surface area contributed by atoms with Crippen LogP contribution in [0.25, 0.3) is 5.52 Å². The van der Waals surface area contributed by atoms with Crippen LogP contribution in [-0.4, -0.2) is 28.9 Å². The molecule has 0 radical (unpaired) electrons. The van der Waals surface area contributed by atoms with Crippen molar-refractivity contribution in [1.29, 1.82) is 0 Å².